The molecule has 78 valence electrons. The molecular weight excluding hydrogens is 264 g/mol. The number of carboxylic acid groups (broad SMARTS) is 1. The third-order valence-electron chi connectivity index (χ3n) is 2.15. The summed E-state index contributed by atoms with van der Waals surface area (Å²) in [5.41, 5.74) is 1.23. The number of rotatable bonds is 4. The van der Waals surface area contributed by atoms with E-state index < -0.39 is 5.97 Å². The molecule has 1 heterocycles. The first kappa shape index (κ1) is 11.7. The summed E-state index contributed by atoms with van der Waals surface area (Å²) in [4.78, 5) is 11.7. The Kier molecular flexibility index (Phi) is 4.13. The Bertz CT molecular complexity index is 313. The molecule has 0 aliphatic rings. The highest BCUT2D eigenvalue weighted by Crippen LogP contribution is 2.33. The Labute approximate surface area is 96.1 Å². The van der Waals surface area contributed by atoms with E-state index in [0.29, 0.717) is 12.3 Å². The minimum Gasteiger partial charge on any atom is -0.481 e. The second-order valence-corrected chi connectivity index (χ2v) is 5.84. The molecule has 0 radical (unpaired) electrons. The van der Waals surface area contributed by atoms with Crippen LogP contribution in [0, 0.1) is 6.92 Å². The van der Waals surface area contributed by atoms with Gasteiger partial charge in [0.05, 0.1) is 3.79 Å². The van der Waals surface area contributed by atoms with Gasteiger partial charge in [-0.05, 0) is 46.8 Å². The van der Waals surface area contributed by atoms with Crippen molar-refractivity contribution in [3.05, 3.63) is 20.3 Å². The van der Waals surface area contributed by atoms with Crippen molar-refractivity contribution in [1.82, 2.24) is 0 Å². The third kappa shape index (κ3) is 3.10. The van der Waals surface area contributed by atoms with E-state index in [-0.39, 0.29) is 6.42 Å². The van der Waals surface area contributed by atoms with Crippen LogP contribution < -0.4 is 0 Å². The highest BCUT2D eigenvalue weighted by atomic mass is 79.9. The van der Waals surface area contributed by atoms with E-state index in [2.05, 4.69) is 28.9 Å². The van der Waals surface area contributed by atoms with Crippen molar-refractivity contribution >= 4 is 33.2 Å². The summed E-state index contributed by atoms with van der Waals surface area (Å²) in [7, 11) is 0. The Hall–Kier alpha value is -0.350. The minimum atomic E-state index is -0.718. The van der Waals surface area contributed by atoms with Crippen LogP contribution in [-0.4, -0.2) is 11.1 Å². The number of aryl methyl sites for hydroxylation is 1. The molecule has 0 aliphatic heterocycles. The Balaban J connectivity index is 2.60. The first-order valence-corrected chi connectivity index (χ1v) is 6.09. The van der Waals surface area contributed by atoms with Crippen LogP contribution in [0.5, 0.6) is 0 Å². The fourth-order valence-electron chi connectivity index (χ4n) is 1.21. The molecule has 1 atom stereocenters. The van der Waals surface area contributed by atoms with Gasteiger partial charge in [-0.25, -0.2) is 0 Å². The van der Waals surface area contributed by atoms with Crippen molar-refractivity contribution in [3.63, 3.8) is 0 Å². The zero-order chi connectivity index (χ0) is 10.7. The molecule has 0 aliphatic carbocycles. The zero-order valence-electron chi connectivity index (χ0n) is 8.21. The van der Waals surface area contributed by atoms with Gasteiger partial charge in [-0.1, -0.05) is 6.92 Å². The molecule has 0 bridgehead atoms. The first-order chi connectivity index (χ1) is 6.50. The highest BCUT2D eigenvalue weighted by molar-refractivity contribution is 9.11. The highest BCUT2D eigenvalue weighted by Gasteiger charge is 2.11. The molecule has 1 unspecified atom stereocenters. The fourth-order valence-corrected chi connectivity index (χ4v) is 2.87. The van der Waals surface area contributed by atoms with Crippen LogP contribution >= 0.6 is 27.3 Å². The predicted octanol–water partition coefficient (Wildman–Crippen LogP) is 3.79. The maximum atomic E-state index is 10.4. The smallest absolute Gasteiger partial charge is 0.303 e. The van der Waals surface area contributed by atoms with Gasteiger partial charge in [0.2, 0.25) is 0 Å². The summed E-state index contributed by atoms with van der Waals surface area (Å²) in [5.74, 6) is -0.384. The Morgan fingerprint density at radius 2 is 2.36 bits per heavy atom. The van der Waals surface area contributed by atoms with Crippen molar-refractivity contribution in [1.29, 1.82) is 0 Å². The third-order valence-corrected chi connectivity index (χ3v) is 4.52. The van der Waals surface area contributed by atoms with Crippen LogP contribution in [0.1, 0.15) is 36.1 Å². The Morgan fingerprint density at radius 3 is 2.79 bits per heavy atom. The predicted molar refractivity (Wildman–Crippen MR) is 62.0 cm³/mol. The molecule has 4 heteroatoms. The monoisotopic (exact) mass is 276 g/mol. The molecule has 0 saturated carbocycles. The van der Waals surface area contributed by atoms with Crippen LogP contribution in [0.15, 0.2) is 9.85 Å². The van der Waals surface area contributed by atoms with E-state index in [1.807, 2.05) is 6.92 Å². The lowest BCUT2D eigenvalue weighted by Crippen LogP contribution is -1.98. The summed E-state index contributed by atoms with van der Waals surface area (Å²) >= 11 is 5.16. The van der Waals surface area contributed by atoms with E-state index >= 15 is 0 Å². The van der Waals surface area contributed by atoms with Crippen molar-refractivity contribution in [2.75, 3.05) is 0 Å². The van der Waals surface area contributed by atoms with Gasteiger partial charge < -0.3 is 5.11 Å². The molecule has 14 heavy (non-hydrogen) atoms. The molecule has 1 rings (SSSR count). The molecule has 1 aromatic heterocycles. The normalized spacial score (nSPS) is 12.8. The summed E-state index contributed by atoms with van der Waals surface area (Å²) in [6, 6.07) is 2.13. The van der Waals surface area contributed by atoms with E-state index in [0.717, 1.165) is 3.79 Å². The molecule has 0 saturated heterocycles. The number of thiophene rings is 1. The Morgan fingerprint density at radius 1 is 1.71 bits per heavy atom. The maximum absolute atomic E-state index is 10.4. The molecule has 0 aromatic carbocycles. The lowest BCUT2D eigenvalue weighted by atomic mass is 10.0. The molecular formula is C10H13BrO2S. The van der Waals surface area contributed by atoms with Gasteiger partial charge in [-0.2, -0.15) is 0 Å². The SMILES string of the molecule is Cc1cc(C(C)CCC(=O)O)sc1Br. The van der Waals surface area contributed by atoms with Gasteiger partial charge in [0.1, 0.15) is 0 Å². The number of hydrogen-bond acceptors (Lipinski definition) is 2. The van der Waals surface area contributed by atoms with E-state index in [1.165, 1.54) is 10.4 Å². The maximum Gasteiger partial charge on any atom is 0.303 e. The molecule has 0 fully saturated rings. The molecule has 1 aromatic rings. The fraction of sp³-hybridized carbons (Fsp3) is 0.500. The summed E-state index contributed by atoms with van der Waals surface area (Å²) in [5, 5.41) is 8.56. The number of aliphatic carboxylic acids is 1. The molecule has 0 amide bonds. The second-order valence-electron chi connectivity index (χ2n) is 3.44. The average Bonchev–Trinajstić information content (AvgIpc) is 2.43. The topological polar surface area (TPSA) is 37.3 Å². The number of halogens is 1. The van der Waals surface area contributed by atoms with Gasteiger partial charge >= 0.3 is 5.97 Å². The van der Waals surface area contributed by atoms with Gasteiger partial charge in [-0.15, -0.1) is 11.3 Å². The number of carboxylic acids is 1. The standard InChI is InChI=1S/C10H13BrO2S/c1-6(3-4-9(12)13)8-5-7(2)10(11)14-8/h5-6H,3-4H2,1-2H3,(H,12,13). The van der Waals surface area contributed by atoms with Crippen LogP contribution in [0.25, 0.3) is 0 Å². The van der Waals surface area contributed by atoms with Crippen LogP contribution in [0.2, 0.25) is 0 Å². The summed E-state index contributed by atoms with van der Waals surface area (Å²) < 4.78 is 1.15. The minimum absolute atomic E-state index is 0.246. The lowest BCUT2D eigenvalue weighted by molar-refractivity contribution is -0.137. The average molecular weight is 277 g/mol. The largest absolute Gasteiger partial charge is 0.481 e. The van der Waals surface area contributed by atoms with E-state index in [1.54, 1.807) is 11.3 Å². The van der Waals surface area contributed by atoms with Crippen LogP contribution in [0.4, 0.5) is 0 Å². The van der Waals surface area contributed by atoms with Gasteiger partial charge in [0, 0.05) is 11.3 Å². The summed E-state index contributed by atoms with van der Waals surface area (Å²) in [6.45, 7) is 4.12. The molecule has 1 N–H and O–H groups in total. The second kappa shape index (κ2) is 4.94. The van der Waals surface area contributed by atoms with Gasteiger partial charge in [0.25, 0.3) is 0 Å². The van der Waals surface area contributed by atoms with Crippen molar-refractivity contribution < 1.29 is 9.90 Å². The number of carbonyl (C=O) groups is 1. The van der Waals surface area contributed by atoms with Crippen LogP contribution in [0.3, 0.4) is 0 Å². The number of hydrogen-bond donors (Lipinski definition) is 1. The zero-order valence-corrected chi connectivity index (χ0v) is 10.6. The van der Waals surface area contributed by atoms with Crippen LogP contribution in [-0.2, 0) is 4.79 Å². The van der Waals surface area contributed by atoms with E-state index in [4.69, 9.17) is 5.11 Å². The van der Waals surface area contributed by atoms with Gasteiger partial charge in [-0.3, -0.25) is 4.79 Å². The summed E-state index contributed by atoms with van der Waals surface area (Å²) in [6.07, 6.45) is 0.956. The first-order valence-electron chi connectivity index (χ1n) is 4.48. The molecule has 0 spiro atoms. The molecule has 2 nitrogen and oxygen atoms in total. The van der Waals surface area contributed by atoms with E-state index in [9.17, 15) is 4.79 Å². The quantitative estimate of drug-likeness (QED) is 0.909. The van der Waals surface area contributed by atoms with Crippen molar-refractivity contribution in [3.8, 4) is 0 Å². The lowest BCUT2D eigenvalue weighted by Gasteiger charge is -2.05. The van der Waals surface area contributed by atoms with Gasteiger partial charge in [0.15, 0.2) is 0 Å². The van der Waals surface area contributed by atoms with Crippen molar-refractivity contribution in [2.45, 2.75) is 32.6 Å². The van der Waals surface area contributed by atoms with Crippen molar-refractivity contribution in [2.24, 2.45) is 0 Å².